The fraction of sp³-hybridized carbons (Fsp3) is 0.625. The number of aromatic nitrogens is 1. The quantitative estimate of drug-likeness (QED) is 0.151. The van der Waals surface area contributed by atoms with Gasteiger partial charge in [-0.05, 0) is 56.9 Å². The molecule has 2 heterocycles. The highest BCUT2D eigenvalue weighted by atomic mass is 32.1. The van der Waals surface area contributed by atoms with Crippen LogP contribution in [0.25, 0.3) is 0 Å². The molecule has 14 nitrogen and oxygen atoms in total. The van der Waals surface area contributed by atoms with Gasteiger partial charge in [0.1, 0.15) is 22.8 Å². The summed E-state index contributed by atoms with van der Waals surface area (Å²) < 4.78 is 11.0. The largest absolute Gasteiger partial charge is 0.466 e. The van der Waals surface area contributed by atoms with E-state index in [1.807, 2.05) is 58.0 Å². The third kappa shape index (κ3) is 12.5. The van der Waals surface area contributed by atoms with Crippen molar-refractivity contribution in [1.29, 1.82) is 0 Å². The zero-order valence-corrected chi connectivity index (χ0v) is 34.2. The van der Waals surface area contributed by atoms with E-state index in [1.165, 1.54) is 18.3 Å². The summed E-state index contributed by atoms with van der Waals surface area (Å²) in [6.07, 6.45) is 1.56. The molecule has 1 aromatic carbocycles. The highest BCUT2D eigenvalue weighted by Crippen LogP contribution is 2.34. The van der Waals surface area contributed by atoms with E-state index in [0.29, 0.717) is 50.0 Å². The molecular weight excluding hydrogens is 727 g/mol. The van der Waals surface area contributed by atoms with Crippen LogP contribution in [0.3, 0.4) is 0 Å². The molecular formula is C40H59N5O9S. The van der Waals surface area contributed by atoms with Crippen molar-refractivity contribution < 1.29 is 43.3 Å². The second kappa shape index (κ2) is 21.5. The van der Waals surface area contributed by atoms with Crippen molar-refractivity contribution in [2.24, 2.45) is 17.8 Å². The Balaban J connectivity index is 1.84. The second-order valence-electron chi connectivity index (χ2n) is 14.5. The number of carbonyl (C=O) groups excluding carboxylic acids is 5. The van der Waals surface area contributed by atoms with Gasteiger partial charge >= 0.3 is 18.0 Å². The van der Waals surface area contributed by atoms with Crippen LogP contribution < -0.4 is 10.6 Å². The minimum absolute atomic E-state index is 0.126. The van der Waals surface area contributed by atoms with Crippen LogP contribution in [-0.2, 0) is 35.1 Å². The number of hydrogen-bond donors (Lipinski definition) is 3. The molecule has 1 saturated heterocycles. The number of nitrogens with zero attached hydrogens (tertiary/aromatic N) is 3. The number of hydrogen-bond acceptors (Lipinski definition) is 10. The number of carboxylic acid groups (broad SMARTS) is 1. The van der Waals surface area contributed by atoms with E-state index in [-0.39, 0.29) is 36.6 Å². The van der Waals surface area contributed by atoms with Crippen molar-refractivity contribution >= 4 is 47.1 Å². The number of esters is 2. The smallest absolute Gasteiger partial charge is 0.407 e. The summed E-state index contributed by atoms with van der Waals surface area (Å²) in [6, 6.07) is 6.95. The molecule has 2 aromatic rings. The number of carbonyl (C=O) groups is 6. The molecule has 1 aromatic heterocycles. The van der Waals surface area contributed by atoms with Gasteiger partial charge in [0.05, 0.1) is 12.5 Å². The van der Waals surface area contributed by atoms with E-state index in [9.17, 15) is 33.9 Å². The number of rotatable bonds is 19. The fourth-order valence-corrected chi connectivity index (χ4v) is 8.13. The lowest BCUT2D eigenvalue weighted by Gasteiger charge is -2.39. The maximum Gasteiger partial charge on any atom is 0.407 e. The predicted molar refractivity (Wildman–Crippen MR) is 208 cm³/mol. The zero-order valence-electron chi connectivity index (χ0n) is 33.4. The molecule has 1 aliphatic rings. The Hall–Kier alpha value is -4.53. The molecule has 0 spiro atoms. The molecule has 3 N–H and O–H groups in total. The average Bonchev–Trinajstić information content (AvgIpc) is 3.66. The maximum absolute atomic E-state index is 14.2. The number of likely N-dealkylation sites (N-methyl/N-ethyl adjacent to an activating group) is 1. The lowest BCUT2D eigenvalue weighted by atomic mass is 9.90. The number of ether oxygens (including phenoxy) is 2. The summed E-state index contributed by atoms with van der Waals surface area (Å²) in [5.74, 6) is -3.40. The first-order valence-corrected chi connectivity index (χ1v) is 20.2. The molecule has 1 aliphatic heterocycles. The lowest BCUT2D eigenvalue weighted by molar-refractivity contribution is -0.152. The van der Waals surface area contributed by atoms with Gasteiger partial charge in [-0.15, -0.1) is 11.3 Å². The second-order valence-corrected chi connectivity index (χ2v) is 15.4. The van der Waals surface area contributed by atoms with Gasteiger partial charge in [-0.1, -0.05) is 71.4 Å². The van der Waals surface area contributed by atoms with Crippen LogP contribution in [0.1, 0.15) is 114 Å². The number of thiazole rings is 1. The minimum Gasteiger partial charge on any atom is -0.466 e. The number of likely N-dealkylation sites (tertiary alicyclic amines) is 1. The van der Waals surface area contributed by atoms with Crippen LogP contribution in [0.15, 0.2) is 35.7 Å². The predicted octanol–water partition coefficient (Wildman–Crippen LogP) is 5.61. The Morgan fingerprint density at radius 3 is 2.31 bits per heavy atom. The first kappa shape index (κ1) is 44.9. The third-order valence-corrected chi connectivity index (χ3v) is 11.4. The number of amides is 4. The number of nitrogens with one attached hydrogen (secondary N) is 2. The molecule has 0 radical (unpaired) electrons. The van der Waals surface area contributed by atoms with Gasteiger partial charge in [-0.25, -0.2) is 9.78 Å². The molecule has 0 aliphatic carbocycles. The van der Waals surface area contributed by atoms with Crippen LogP contribution in [0, 0.1) is 17.8 Å². The van der Waals surface area contributed by atoms with Crippen LogP contribution in [-0.4, -0.2) is 100 Å². The fourth-order valence-electron chi connectivity index (χ4n) is 7.19. The van der Waals surface area contributed by atoms with E-state index < -0.39 is 66.0 Å². The number of piperidine rings is 1. The van der Waals surface area contributed by atoms with Gasteiger partial charge in [0, 0.05) is 43.9 Å². The Morgan fingerprint density at radius 2 is 1.71 bits per heavy atom. The highest BCUT2D eigenvalue weighted by Gasteiger charge is 2.40. The van der Waals surface area contributed by atoms with Gasteiger partial charge in [-0.3, -0.25) is 28.9 Å². The summed E-state index contributed by atoms with van der Waals surface area (Å²) in [7, 11) is 1.65. The van der Waals surface area contributed by atoms with Crippen molar-refractivity contribution in [2.75, 3.05) is 20.2 Å². The van der Waals surface area contributed by atoms with E-state index in [4.69, 9.17) is 9.47 Å². The van der Waals surface area contributed by atoms with Crippen molar-refractivity contribution in [3.05, 3.63) is 52.0 Å². The summed E-state index contributed by atoms with van der Waals surface area (Å²) >= 11 is 1.17. The van der Waals surface area contributed by atoms with E-state index in [2.05, 4.69) is 15.6 Å². The summed E-state index contributed by atoms with van der Waals surface area (Å²) in [5, 5.41) is 17.6. The Labute approximate surface area is 328 Å². The molecule has 1 fully saturated rings. The van der Waals surface area contributed by atoms with Crippen LogP contribution in [0.2, 0.25) is 0 Å². The van der Waals surface area contributed by atoms with Gasteiger partial charge in [0.25, 0.3) is 5.91 Å². The zero-order chi connectivity index (χ0) is 40.8. The summed E-state index contributed by atoms with van der Waals surface area (Å²) in [6.45, 7) is 12.9. The Morgan fingerprint density at radius 1 is 1.02 bits per heavy atom. The van der Waals surface area contributed by atoms with Crippen molar-refractivity contribution in [3.63, 3.8) is 0 Å². The first-order chi connectivity index (χ1) is 26.1. The monoisotopic (exact) mass is 785 g/mol. The third-order valence-electron chi connectivity index (χ3n) is 10.5. The Kier molecular flexibility index (Phi) is 17.6. The van der Waals surface area contributed by atoms with E-state index in [0.717, 1.165) is 10.5 Å². The highest BCUT2D eigenvalue weighted by molar-refractivity contribution is 7.09. The molecule has 55 heavy (non-hydrogen) atoms. The molecule has 15 heteroatoms. The normalized spacial score (nSPS) is 18.0. The van der Waals surface area contributed by atoms with E-state index >= 15 is 0 Å². The maximum atomic E-state index is 14.2. The molecule has 3 rings (SSSR count). The molecule has 304 valence electrons. The molecule has 4 amide bonds. The van der Waals surface area contributed by atoms with Crippen molar-refractivity contribution in [2.45, 2.75) is 124 Å². The Bertz CT molecular complexity index is 1600. The summed E-state index contributed by atoms with van der Waals surface area (Å²) in [4.78, 5) is 85.5. The first-order valence-electron chi connectivity index (χ1n) is 19.3. The van der Waals surface area contributed by atoms with Gasteiger partial charge in [0.15, 0.2) is 6.10 Å². The van der Waals surface area contributed by atoms with Crippen LogP contribution >= 0.6 is 11.3 Å². The molecule has 8 atom stereocenters. The topological polar surface area (TPSA) is 185 Å². The number of benzene rings is 1. The molecule has 3 unspecified atom stereocenters. The summed E-state index contributed by atoms with van der Waals surface area (Å²) in [5.41, 5.74) is 1.11. The van der Waals surface area contributed by atoms with Crippen molar-refractivity contribution in [3.8, 4) is 0 Å². The molecule has 0 saturated carbocycles. The van der Waals surface area contributed by atoms with Crippen LogP contribution in [0.4, 0.5) is 4.79 Å². The van der Waals surface area contributed by atoms with Gasteiger partial charge in [0.2, 0.25) is 11.8 Å². The van der Waals surface area contributed by atoms with Crippen LogP contribution in [0.5, 0.6) is 0 Å². The van der Waals surface area contributed by atoms with Crippen molar-refractivity contribution in [1.82, 2.24) is 25.4 Å². The average molecular weight is 786 g/mol. The SMILES string of the molecule is CCOC(=O)[C@@H](C)C[C@H](Cc1ccccc1)NC(=O)c1csc(C(OC(C)=O)C(C)[C@@H](CC)N(C)C(=O)[C@@H](NC(=O)C2CCCCN2C(=O)O)[C@@H](C)CC)n1. The van der Waals surface area contributed by atoms with Gasteiger partial charge < -0.3 is 30.1 Å². The standard InChI is InChI=1S/C40H59N5O9S/c1-9-24(4)33(43-36(48)32-19-15-16-20-45(32)40(51)52)38(49)44(8)31(10-2)26(6)34(54-27(7)46)37-42-30(23-55-37)35(47)41-29(21-25(5)39(50)53-11-3)22-28-17-13-12-14-18-28/h12-14,17-18,23-26,29,31-34H,9-11,15-16,19-22H2,1-8H3,(H,41,47)(H,43,48)(H,51,52)/t24-,25-,26?,29+,31+,32?,33-,34?/m0/s1. The lowest BCUT2D eigenvalue weighted by Crippen LogP contribution is -2.59. The van der Waals surface area contributed by atoms with Gasteiger partial charge in [-0.2, -0.15) is 0 Å². The van der Waals surface area contributed by atoms with E-state index in [1.54, 1.807) is 31.2 Å². The molecule has 0 bridgehead atoms. The minimum atomic E-state index is -1.17.